The van der Waals surface area contributed by atoms with Gasteiger partial charge in [-0.1, -0.05) is 50.7 Å². The molecule has 1 aromatic rings. The van der Waals surface area contributed by atoms with Gasteiger partial charge in [0.2, 0.25) is 0 Å². The maximum Gasteiger partial charge on any atom is 0.0362 e. The highest BCUT2D eigenvalue weighted by Crippen LogP contribution is 2.38. The predicted molar refractivity (Wildman–Crippen MR) is 63.8 cm³/mol. The minimum atomic E-state index is 0.726. The lowest BCUT2D eigenvalue weighted by atomic mass is 9.92. The average molecular weight is 337 g/mol. The van der Waals surface area contributed by atoms with Crippen LogP contribution >= 0.6 is 38.5 Å². The molecule has 2 rings (SSSR count). The Morgan fingerprint density at radius 3 is 3.00 bits per heavy atom. The molecule has 0 nitrogen and oxygen atoms in total. The van der Waals surface area contributed by atoms with E-state index in [1.165, 1.54) is 34.9 Å². The molecular weight excluding hydrogens is 327 g/mol. The van der Waals surface area contributed by atoms with E-state index in [1.807, 2.05) is 0 Å². The highest BCUT2D eigenvalue weighted by atomic mass is 127. The molecule has 12 heavy (non-hydrogen) atoms. The summed E-state index contributed by atoms with van der Waals surface area (Å²) in [6, 6.07) is 6.55. The lowest BCUT2D eigenvalue weighted by Gasteiger charge is -2.21. The number of rotatable bonds is 0. The third-order valence-corrected chi connectivity index (χ3v) is 4.41. The summed E-state index contributed by atoms with van der Waals surface area (Å²) >= 11 is 6.15. The Balaban J connectivity index is 2.52. The fourth-order valence-corrected chi connectivity index (χ4v) is 3.35. The summed E-state index contributed by atoms with van der Waals surface area (Å²) < 4.78 is 2.02. The van der Waals surface area contributed by atoms with Gasteiger partial charge in [-0.05, 0) is 36.5 Å². The molecule has 1 atom stereocenters. The molecular formula is C10H10BrI. The summed E-state index contributed by atoms with van der Waals surface area (Å²) in [4.78, 5) is 0. The molecule has 0 amide bonds. The zero-order chi connectivity index (χ0) is 8.55. The molecule has 0 aromatic heterocycles. The van der Waals surface area contributed by atoms with Crippen LogP contribution in [0, 0.1) is 0 Å². The van der Waals surface area contributed by atoms with Crippen LogP contribution in [0.15, 0.2) is 22.7 Å². The lowest BCUT2D eigenvalue weighted by Crippen LogP contribution is -2.05. The van der Waals surface area contributed by atoms with Crippen LogP contribution in [0.4, 0.5) is 0 Å². The van der Waals surface area contributed by atoms with Gasteiger partial charge in [0.05, 0.1) is 0 Å². The van der Waals surface area contributed by atoms with E-state index in [9.17, 15) is 0 Å². The molecule has 1 unspecified atom stereocenters. The number of hydrogen-bond donors (Lipinski definition) is 0. The topological polar surface area (TPSA) is 0 Å². The molecule has 0 fully saturated rings. The smallest absolute Gasteiger partial charge is 0.0362 e. The number of hydrogen-bond acceptors (Lipinski definition) is 0. The van der Waals surface area contributed by atoms with Gasteiger partial charge in [-0.2, -0.15) is 0 Å². The van der Waals surface area contributed by atoms with Gasteiger partial charge in [0.15, 0.2) is 0 Å². The standard InChI is InChI=1S/C10H10BrI/c11-9-5-1-4-8-7(9)3-2-6-10(8)12/h1,4-5,10H,2-3,6H2. The normalized spacial score (nSPS) is 22.0. The van der Waals surface area contributed by atoms with Crippen molar-refractivity contribution in [1.29, 1.82) is 0 Å². The first-order valence-corrected chi connectivity index (χ1v) is 6.24. The Hall–Kier alpha value is 0.430. The molecule has 64 valence electrons. The van der Waals surface area contributed by atoms with Crippen LogP contribution in [0.1, 0.15) is 27.9 Å². The van der Waals surface area contributed by atoms with E-state index < -0.39 is 0 Å². The fourth-order valence-electron chi connectivity index (χ4n) is 1.75. The molecule has 0 spiro atoms. The van der Waals surface area contributed by atoms with Crippen LogP contribution in [0.2, 0.25) is 0 Å². The summed E-state index contributed by atoms with van der Waals surface area (Å²) in [5, 5.41) is 0. The van der Waals surface area contributed by atoms with Crippen LogP contribution in [-0.4, -0.2) is 0 Å². The van der Waals surface area contributed by atoms with Crippen molar-refractivity contribution >= 4 is 38.5 Å². The zero-order valence-corrected chi connectivity index (χ0v) is 10.4. The van der Waals surface area contributed by atoms with Crippen molar-refractivity contribution in [2.24, 2.45) is 0 Å². The van der Waals surface area contributed by atoms with E-state index in [0.717, 1.165) is 3.92 Å². The largest absolute Gasteiger partial charge is 0.0774 e. The van der Waals surface area contributed by atoms with E-state index >= 15 is 0 Å². The maximum atomic E-state index is 3.61. The van der Waals surface area contributed by atoms with Crippen molar-refractivity contribution in [3.05, 3.63) is 33.8 Å². The molecule has 0 N–H and O–H groups in total. The summed E-state index contributed by atoms with van der Waals surface area (Å²) in [6.45, 7) is 0. The average Bonchev–Trinajstić information content (AvgIpc) is 2.07. The van der Waals surface area contributed by atoms with E-state index in [0.29, 0.717) is 0 Å². The predicted octanol–water partition coefficient (Wildman–Crippen LogP) is 4.26. The number of halogens is 2. The van der Waals surface area contributed by atoms with Crippen LogP contribution in [0.3, 0.4) is 0 Å². The summed E-state index contributed by atoms with van der Waals surface area (Å²) in [7, 11) is 0. The molecule has 1 aromatic carbocycles. The van der Waals surface area contributed by atoms with Crippen molar-refractivity contribution in [2.75, 3.05) is 0 Å². The highest BCUT2D eigenvalue weighted by molar-refractivity contribution is 14.1. The van der Waals surface area contributed by atoms with Crippen LogP contribution in [0.5, 0.6) is 0 Å². The van der Waals surface area contributed by atoms with Crippen molar-refractivity contribution in [1.82, 2.24) is 0 Å². The third-order valence-electron chi connectivity index (χ3n) is 2.38. The Kier molecular flexibility index (Phi) is 2.75. The maximum absolute atomic E-state index is 3.61. The van der Waals surface area contributed by atoms with Gasteiger partial charge in [-0.3, -0.25) is 0 Å². The molecule has 0 heterocycles. The second kappa shape index (κ2) is 3.66. The van der Waals surface area contributed by atoms with E-state index in [1.54, 1.807) is 0 Å². The second-order valence-electron chi connectivity index (χ2n) is 3.17. The monoisotopic (exact) mass is 336 g/mol. The van der Waals surface area contributed by atoms with Crippen molar-refractivity contribution in [2.45, 2.75) is 23.2 Å². The number of fused-ring (bicyclic) bond motifs is 1. The minimum absolute atomic E-state index is 0.726. The quantitative estimate of drug-likeness (QED) is 0.490. The first-order valence-electron chi connectivity index (χ1n) is 4.20. The van der Waals surface area contributed by atoms with Gasteiger partial charge in [-0.15, -0.1) is 0 Å². The molecule has 1 aliphatic rings. The van der Waals surface area contributed by atoms with Crippen LogP contribution in [-0.2, 0) is 6.42 Å². The fraction of sp³-hybridized carbons (Fsp3) is 0.400. The van der Waals surface area contributed by atoms with Crippen molar-refractivity contribution < 1.29 is 0 Å². The van der Waals surface area contributed by atoms with E-state index in [2.05, 4.69) is 56.7 Å². The first kappa shape index (κ1) is 9.00. The Labute approximate surface area is 95.0 Å². The summed E-state index contributed by atoms with van der Waals surface area (Å²) in [6.07, 6.45) is 3.92. The number of alkyl halides is 1. The SMILES string of the molecule is Brc1cccc2c1CCCC2I. The summed E-state index contributed by atoms with van der Waals surface area (Å²) in [5.74, 6) is 0. The Bertz CT molecular complexity index is 296. The van der Waals surface area contributed by atoms with Gasteiger partial charge < -0.3 is 0 Å². The second-order valence-corrected chi connectivity index (χ2v) is 5.53. The Morgan fingerprint density at radius 1 is 1.42 bits per heavy atom. The molecule has 0 saturated heterocycles. The molecule has 2 heteroatoms. The first-order chi connectivity index (χ1) is 5.79. The van der Waals surface area contributed by atoms with Crippen molar-refractivity contribution in [3.63, 3.8) is 0 Å². The summed E-state index contributed by atoms with van der Waals surface area (Å²) in [5.41, 5.74) is 3.07. The molecule has 1 aliphatic carbocycles. The van der Waals surface area contributed by atoms with Gasteiger partial charge in [-0.25, -0.2) is 0 Å². The Morgan fingerprint density at radius 2 is 2.25 bits per heavy atom. The van der Waals surface area contributed by atoms with E-state index in [-0.39, 0.29) is 0 Å². The van der Waals surface area contributed by atoms with Gasteiger partial charge in [0.25, 0.3) is 0 Å². The van der Waals surface area contributed by atoms with Gasteiger partial charge in [0.1, 0.15) is 0 Å². The third kappa shape index (κ3) is 1.55. The highest BCUT2D eigenvalue weighted by Gasteiger charge is 2.18. The lowest BCUT2D eigenvalue weighted by molar-refractivity contribution is 0.686. The molecule has 0 radical (unpaired) electrons. The number of benzene rings is 1. The zero-order valence-electron chi connectivity index (χ0n) is 6.69. The van der Waals surface area contributed by atoms with Gasteiger partial charge in [0, 0.05) is 8.40 Å². The van der Waals surface area contributed by atoms with Crippen LogP contribution < -0.4 is 0 Å². The molecule has 0 saturated carbocycles. The van der Waals surface area contributed by atoms with E-state index in [4.69, 9.17) is 0 Å². The van der Waals surface area contributed by atoms with Crippen molar-refractivity contribution in [3.8, 4) is 0 Å². The molecule has 0 bridgehead atoms. The van der Waals surface area contributed by atoms with Gasteiger partial charge >= 0.3 is 0 Å². The van der Waals surface area contributed by atoms with Crippen LogP contribution in [0.25, 0.3) is 0 Å². The molecule has 0 aliphatic heterocycles. The minimum Gasteiger partial charge on any atom is -0.0774 e.